The second kappa shape index (κ2) is 8.52. The van der Waals surface area contributed by atoms with Gasteiger partial charge < -0.3 is 14.5 Å². The summed E-state index contributed by atoms with van der Waals surface area (Å²) in [4.78, 5) is 15.5. The average Bonchev–Trinajstić information content (AvgIpc) is 3.37. The Morgan fingerprint density at radius 2 is 1.83 bits per heavy atom. The van der Waals surface area contributed by atoms with Crippen molar-refractivity contribution in [2.24, 2.45) is 0 Å². The number of hydrogen-bond acceptors (Lipinski definition) is 4. The number of fused-ring (bicyclic) bond motifs is 1. The highest BCUT2D eigenvalue weighted by molar-refractivity contribution is 6.00. The summed E-state index contributed by atoms with van der Waals surface area (Å²) >= 11 is 0. The number of hydrogen-bond donors (Lipinski definition) is 1. The fourth-order valence-corrected chi connectivity index (χ4v) is 4.61. The first-order chi connectivity index (χ1) is 14.5. The molecular formula is C25H30N2O3. The fraction of sp³-hybridized carbons (Fsp3) is 0.400. The number of benzene rings is 2. The van der Waals surface area contributed by atoms with E-state index in [-0.39, 0.29) is 11.9 Å². The topological polar surface area (TPSA) is 54.7 Å². The van der Waals surface area contributed by atoms with Crippen LogP contribution in [0.25, 0.3) is 11.0 Å². The molecule has 1 saturated heterocycles. The zero-order chi connectivity index (χ0) is 21.3. The number of furan rings is 1. The Morgan fingerprint density at radius 3 is 2.50 bits per heavy atom. The largest absolute Gasteiger partial charge is 0.497 e. The van der Waals surface area contributed by atoms with Crippen molar-refractivity contribution in [1.82, 2.24) is 10.2 Å². The summed E-state index contributed by atoms with van der Waals surface area (Å²) in [6.45, 7) is 8.71. The van der Waals surface area contributed by atoms with Crippen molar-refractivity contribution < 1.29 is 13.9 Å². The van der Waals surface area contributed by atoms with Crippen LogP contribution in [0.5, 0.6) is 5.75 Å². The molecule has 3 aromatic rings. The zero-order valence-corrected chi connectivity index (χ0v) is 18.2. The molecule has 158 valence electrons. The van der Waals surface area contributed by atoms with Gasteiger partial charge in [0.15, 0.2) is 5.76 Å². The standard InChI is InChI=1S/C25H30N2O3/c1-16-13-17(2)23-18(3)24(30-22(23)14-16)25(28)26-15-21(27-11-5-6-12-27)19-7-9-20(29-4)10-8-19/h7-10,13-14,21H,5-6,11-12,15H2,1-4H3,(H,26,28)/t21-/m1/s1. The molecule has 0 radical (unpaired) electrons. The molecule has 0 saturated carbocycles. The second-order valence-electron chi connectivity index (χ2n) is 8.25. The summed E-state index contributed by atoms with van der Waals surface area (Å²) in [6, 6.07) is 12.4. The van der Waals surface area contributed by atoms with Gasteiger partial charge in [-0.15, -0.1) is 0 Å². The van der Waals surface area contributed by atoms with Gasteiger partial charge in [-0.05, 0) is 81.6 Å². The van der Waals surface area contributed by atoms with E-state index in [0.29, 0.717) is 12.3 Å². The summed E-state index contributed by atoms with van der Waals surface area (Å²) in [6.07, 6.45) is 2.39. The Kier molecular flexibility index (Phi) is 5.82. The lowest BCUT2D eigenvalue weighted by atomic mass is 10.0. The van der Waals surface area contributed by atoms with Crippen LogP contribution in [0.1, 0.15) is 51.7 Å². The molecule has 0 bridgehead atoms. The molecule has 1 aromatic heterocycles. The van der Waals surface area contributed by atoms with Crippen LogP contribution < -0.4 is 10.1 Å². The van der Waals surface area contributed by atoms with Crippen molar-refractivity contribution >= 4 is 16.9 Å². The van der Waals surface area contributed by atoms with E-state index in [4.69, 9.17) is 9.15 Å². The Balaban J connectivity index is 1.56. The zero-order valence-electron chi connectivity index (χ0n) is 18.2. The van der Waals surface area contributed by atoms with Crippen LogP contribution in [0.15, 0.2) is 40.8 Å². The molecule has 5 nitrogen and oxygen atoms in total. The first kappa shape index (κ1) is 20.5. The van der Waals surface area contributed by atoms with Crippen LogP contribution >= 0.6 is 0 Å². The highest BCUT2D eigenvalue weighted by atomic mass is 16.5. The molecular weight excluding hydrogens is 376 g/mol. The maximum absolute atomic E-state index is 13.0. The second-order valence-corrected chi connectivity index (χ2v) is 8.25. The van der Waals surface area contributed by atoms with E-state index in [0.717, 1.165) is 46.5 Å². The van der Waals surface area contributed by atoms with Crippen molar-refractivity contribution in [1.29, 1.82) is 0 Å². The smallest absolute Gasteiger partial charge is 0.287 e. The number of nitrogens with zero attached hydrogens (tertiary/aromatic N) is 1. The SMILES string of the molecule is COc1ccc([C@@H](CNC(=O)c2oc3cc(C)cc(C)c3c2C)N2CCCC2)cc1. The molecule has 0 unspecified atom stereocenters. The number of methoxy groups -OCH3 is 1. The Labute approximate surface area is 178 Å². The van der Waals surface area contributed by atoms with Gasteiger partial charge in [0.1, 0.15) is 11.3 Å². The Morgan fingerprint density at radius 1 is 1.13 bits per heavy atom. The summed E-state index contributed by atoms with van der Waals surface area (Å²) in [7, 11) is 1.67. The molecule has 1 aliphatic heterocycles. The maximum atomic E-state index is 13.0. The normalized spacial score (nSPS) is 15.5. The van der Waals surface area contributed by atoms with Crippen molar-refractivity contribution in [3.63, 3.8) is 0 Å². The minimum absolute atomic E-state index is 0.135. The van der Waals surface area contributed by atoms with Crippen molar-refractivity contribution in [3.8, 4) is 5.75 Å². The Hall–Kier alpha value is -2.79. The molecule has 1 N–H and O–H groups in total. The van der Waals surface area contributed by atoms with Crippen molar-refractivity contribution in [2.45, 2.75) is 39.7 Å². The molecule has 5 heteroatoms. The van der Waals surface area contributed by atoms with E-state index in [1.807, 2.05) is 32.0 Å². The van der Waals surface area contributed by atoms with E-state index in [1.165, 1.54) is 18.4 Å². The number of rotatable bonds is 6. The molecule has 1 atom stereocenters. The van der Waals surface area contributed by atoms with Gasteiger partial charge in [-0.25, -0.2) is 0 Å². The quantitative estimate of drug-likeness (QED) is 0.630. The van der Waals surface area contributed by atoms with Gasteiger partial charge >= 0.3 is 0 Å². The summed E-state index contributed by atoms with van der Waals surface area (Å²) in [5.74, 6) is 1.10. The molecule has 0 aliphatic carbocycles. The summed E-state index contributed by atoms with van der Waals surface area (Å²) in [5, 5.41) is 4.17. The van der Waals surface area contributed by atoms with Crippen LogP contribution in [0.3, 0.4) is 0 Å². The molecule has 0 spiro atoms. The summed E-state index contributed by atoms with van der Waals surface area (Å²) in [5.41, 5.74) is 5.14. The third kappa shape index (κ3) is 3.94. The number of amides is 1. The van der Waals surface area contributed by atoms with Gasteiger partial charge in [0.05, 0.1) is 13.2 Å². The molecule has 1 aliphatic rings. The minimum Gasteiger partial charge on any atom is -0.497 e. The predicted octanol–water partition coefficient (Wildman–Crippen LogP) is 4.93. The highest BCUT2D eigenvalue weighted by Crippen LogP contribution is 2.30. The number of carbonyl (C=O) groups is 1. The molecule has 2 heterocycles. The molecule has 4 rings (SSSR count). The fourth-order valence-electron chi connectivity index (χ4n) is 4.61. The van der Waals surface area contributed by atoms with Gasteiger partial charge in [0, 0.05) is 17.5 Å². The van der Waals surface area contributed by atoms with E-state index in [9.17, 15) is 4.79 Å². The first-order valence-corrected chi connectivity index (χ1v) is 10.6. The lowest BCUT2D eigenvalue weighted by Gasteiger charge is -2.28. The van der Waals surface area contributed by atoms with Crippen molar-refractivity contribution in [3.05, 3.63) is 64.4 Å². The molecule has 2 aromatic carbocycles. The number of aryl methyl sites for hydroxylation is 3. The van der Waals surface area contributed by atoms with Gasteiger partial charge in [0.2, 0.25) is 0 Å². The van der Waals surface area contributed by atoms with Crippen molar-refractivity contribution in [2.75, 3.05) is 26.7 Å². The van der Waals surface area contributed by atoms with Crippen LogP contribution in [0, 0.1) is 20.8 Å². The third-order valence-corrected chi connectivity index (χ3v) is 6.12. The van der Waals surface area contributed by atoms with Gasteiger partial charge in [0.25, 0.3) is 5.91 Å². The first-order valence-electron chi connectivity index (χ1n) is 10.6. The van der Waals surface area contributed by atoms with Gasteiger partial charge in [-0.1, -0.05) is 18.2 Å². The lowest BCUT2D eigenvalue weighted by molar-refractivity contribution is 0.0911. The van der Waals surface area contributed by atoms with Crippen LogP contribution in [0.4, 0.5) is 0 Å². The van der Waals surface area contributed by atoms with E-state index in [2.05, 4.69) is 35.3 Å². The maximum Gasteiger partial charge on any atom is 0.287 e. The predicted molar refractivity (Wildman–Crippen MR) is 119 cm³/mol. The molecule has 1 fully saturated rings. The number of ether oxygens (including phenoxy) is 1. The van der Waals surface area contributed by atoms with E-state index < -0.39 is 0 Å². The van der Waals surface area contributed by atoms with E-state index >= 15 is 0 Å². The van der Waals surface area contributed by atoms with Crippen LogP contribution in [-0.2, 0) is 0 Å². The Bertz CT molecular complexity index is 1050. The van der Waals surface area contributed by atoms with Crippen LogP contribution in [-0.4, -0.2) is 37.6 Å². The van der Waals surface area contributed by atoms with Gasteiger partial charge in [-0.3, -0.25) is 9.69 Å². The monoisotopic (exact) mass is 406 g/mol. The van der Waals surface area contributed by atoms with Gasteiger partial charge in [-0.2, -0.15) is 0 Å². The average molecular weight is 407 g/mol. The molecule has 30 heavy (non-hydrogen) atoms. The molecule has 1 amide bonds. The number of likely N-dealkylation sites (tertiary alicyclic amines) is 1. The lowest BCUT2D eigenvalue weighted by Crippen LogP contribution is -2.36. The highest BCUT2D eigenvalue weighted by Gasteiger charge is 2.26. The number of nitrogens with one attached hydrogen (secondary N) is 1. The number of carbonyl (C=O) groups excluding carboxylic acids is 1. The van der Waals surface area contributed by atoms with E-state index in [1.54, 1.807) is 7.11 Å². The third-order valence-electron chi connectivity index (χ3n) is 6.12. The summed E-state index contributed by atoms with van der Waals surface area (Å²) < 4.78 is 11.3. The van der Waals surface area contributed by atoms with Crippen LogP contribution in [0.2, 0.25) is 0 Å². The minimum atomic E-state index is -0.154.